The van der Waals surface area contributed by atoms with E-state index in [0.29, 0.717) is 24.4 Å². The topological polar surface area (TPSA) is 79.5 Å². The molecule has 0 spiro atoms. The van der Waals surface area contributed by atoms with Crippen molar-refractivity contribution < 1.29 is 14.3 Å². The van der Waals surface area contributed by atoms with Gasteiger partial charge < -0.3 is 20.7 Å². The van der Waals surface area contributed by atoms with E-state index in [1.165, 1.54) is 0 Å². The maximum absolute atomic E-state index is 12.1. The van der Waals surface area contributed by atoms with Crippen molar-refractivity contribution in [1.29, 1.82) is 0 Å². The lowest BCUT2D eigenvalue weighted by Gasteiger charge is -2.27. The molecule has 3 N–H and O–H groups in total. The summed E-state index contributed by atoms with van der Waals surface area (Å²) in [5.41, 5.74) is 3.04. The fourth-order valence-electron chi connectivity index (χ4n) is 2.37. The van der Waals surface area contributed by atoms with Crippen LogP contribution in [0.5, 0.6) is 0 Å². The van der Waals surface area contributed by atoms with Gasteiger partial charge in [0.1, 0.15) is 0 Å². The molecule has 0 saturated heterocycles. The van der Waals surface area contributed by atoms with Crippen LogP contribution in [0.25, 0.3) is 0 Å². The van der Waals surface area contributed by atoms with E-state index in [1.807, 2.05) is 31.2 Å². The molecule has 0 saturated carbocycles. The Labute approximate surface area is 129 Å². The summed E-state index contributed by atoms with van der Waals surface area (Å²) in [6.45, 7) is 6.15. The number of urea groups is 1. The monoisotopic (exact) mass is 303 g/mol. The first-order valence-corrected chi connectivity index (χ1v) is 7.30. The Kier molecular flexibility index (Phi) is 5.04. The number of hydrogen-bond donors (Lipinski definition) is 3. The molecule has 2 rings (SSSR count). The number of nitrogens with one attached hydrogen (secondary N) is 3. The molecule has 0 aliphatic carbocycles. The third-order valence-corrected chi connectivity index (χ3v) is 3.47. The standard InChI is InChI=1S/C16H21N3O3/c1-4-22-15(20)14-11(3)18-16(21)19-13(14)9-17-12-8-6-5-7-10(12)2/h5-8,11,17H,4,9H2,1-3H3,(H2,18,19,21). The van der Waals surface area contributed by atoms with Crippen LogP contribution in [0.15, 0.2) is 35.5 Å². The summed E-state index contributed by atoms with van der Waals surface area (Å²) in [7, 11) is 0. The summed E-state index contributed by atoms with van der Waals surface area (Å²) in [4.78, 5) is 23.8. The van der Waals surface area contributed by atoms with Crippen molar-refractivity contribution in [1.82, 2.24) is 10.6 Å². The average molecular weight is 303 g/mol. The van der Waals surface area contributed by atoms with E-state index in [1.54, 1.807) is 13.8 Å². The Balaban J connectivity index is 2.22. The second kappa shape index (κ2) is 6.98. The largest absolute Gasteiger partial charge is 0.463 e. The third-order valence-electron chi connectivity index (χ3n) is 3.47. The molecule has 22 heavy (non-hydrogen) atoms. The van der Waals surface area contributed by atoms with Crippen LogP contribution in [0.1, 0.15) is 19.4 Å². The molecule has 1 atom stereocenters. The van der Waals surface area contributed by atoms with Crippen LogP contribution in [0.2, 0.25) is 0 Å². The third kappa shape index (κ3) is 3.58. The van der Waals surface area contributed by atoms with Crippen molar-refractivity contribution in [2.75, 3.05) is 18.5 Å². The van der Waals surface area contributed by atoms with E-state index in [2.05, 4.69) is 16.0 Å². The van der Waals surface area contributed by atoms with Crippen molar-refractivity contribution in [3.8, 4) is 0 Å². The quantitative estimate of drug-likeness (QED) is 0.726. The first-order valence-electron chi connectivity index (χ1n) is 7.30. The van der Waals surface area contributed by atoms with Gasteiger partial charge in [0.15, 0.2) is 0 Å². The lowest BCUT2D eigenvalue weighted by atomic mass is 10.0. The van der Waals surface area contributed by atoms with E-state index in [4.69, 9.17) is 4.74 Å². The molecule has 0 bridgehead atoms. The normalized spacial score (nSPS) is 17.6. The van der Waals surface area contributed by atoms with Gasteiger partial charge in [-0.2, -0.15) is 0 Å². The van der Waals surface area contributed by atoms with Crippen molar-refractivity contribution in [3.05, 3.63) is 41.1 Å². The van der Waals surface area contributed by atoms with Gasteiger partial charge in [0.05, 0.1) is 30.5 Å². The van der Waals surface area contributed by atoms with Crippen LogP contribution < -0.4 is 16.0 Å². The Hall–Kier alpha value is -2.50. The summed E-state index contributed by atoms with van der Waals surface area (Å²) in [5.74, 6) is -0.413. The number of aryl methyl sites for hydroxylation is 1. The van der Waals surface area contributed by atoms with Crippen LogP contribution in [-0.4, -0.2) is 31.2 Å². The molecule has 1 heterocycles. The second-order valence-corrected chi connectivity index (χ2v) is 5.10. The van der Waals surface area contributed by atoms with E-state index < -0.39 is 5.97 Å². The average Bonchev–Trinajstić information content (AvgIpc) is 2.46. The summed E-state index contributed by atoms with van der Waals surface area (Å²) in [6, 6.07) is 7.13. The molecule has 118 valence electrons. The minimum absolute atomic E-state index is 0.293. The number of esters is 1. The molecule has 0 fully saturated rings. The highest BCUT2D eigenvalue weighted by Crippen LogP contribution is 2.17. The molecule has 1 unspecified atom stereocenters. The summed E-state index contributed by atoms with van der Waals surface area (Å²) >= 11 is 0. The van der Waals surface area contributed by atoms with Crippen LogP contribution in [0, 0.1) is 6.92 Å². The van der Waals surface area contributed by atoms with E-state index in [0.717, 1.165) is 11.3 Å². The fourth-order valence-corrected chi connectivity index (χ4v) is 2.37. The van der Waals surface area contributed by atoms with Gasteiger partial charge in [-0.25, -0.2) is 9.59 Å². The highest BCUT2D eigenvalue weighted by Gasteiger charge is 2.29. The Bertz CT molecular complexity index is 610. The molecular formula is C16H21N3O3. The minimum atomic E-state index is -0.413. The first kappa shape index (κ1) is 15.9. The van der Waals surface area contributed by atoms with E-state index in [9.17, 15) is 9.59 Å². The summed E-state index contributed by atoms with van der Waals surface area (Å²) in [5, 5.41) is 8.61. The van der Waals surface area contributed by atoms with Gasteiger partial charge in [-0.15, -0.1) is 0 Å². The number of hydrogen-bond acceptors (Lipinski definition) is 4. The van der Waals surface area contributed by atoms with Gasteiger partial charge >= 0.3 is 12.0 Å². The smallest absolute Gasteiger partial charge is 0.337 e. The molecule has 1 aliphatic rings. The Morgan fingerprint density at radius 1 is 1.36 bits per heavy atom. The van der Waals surface area contributed by atoms with Crippen molar-refractivity contribution >= 4 is 17.7 Å². The first-order chi connectivity index (χ1) is 10.5. The highest BCUT2D eigenvalue weighted by atomic mass is 16.5. The van der Waals surface area contributed by atoms with Gasteiger partial charge in [-0.3, -0.25) is 0 Å². The van der Waals surface area contributed by atoms with Crippen LogP contribution in [0.3, 0.4) is 0 Å². The molecule has 0 aromatic heterocycles. The molecule has 0 radical (unpaired) electrons. The molecular weight excluding hydrogens is 282 g/mol. The van der Waals surface area contributed by atoms with Crippen molar-refractivity contribution in [2.45, 2.75) is 26.8 Å². The molecule has 6 heteroatoms. The van der Waals surface area contributed by atoms with Gasteiger partial charge in [0.25, 0.3) is 0 Å². The van der Waals surface area contributed by atoms with Gasteiger partial charge in [-0.1, -0.05) is 18.2 Å². The number of carbonyl (C=O) groups excluding carboxylic acids is 2. The number of para-hydroxylation sites is 1. The number of benzene rings is 1. The highest BCUT2D eigenvalue weighted by molar-refractivity contribution is 5.94. The number of anilines is 1. The molecule has 1 aromatic carbocycles. The molecule has 1 aliphatic heterocycles. The van der Waals surface area contributed by atoms with Crippen molar-refractivity contribution in [2.24, 2.45) is 0 Å². The minimum Gasteiger partial charge on any atom is -0.463 e. The van der Waals surface area contributed by atoms with Crippen molar-refractivity contribution in [3.63, 3.8) is 0 Å². The zero-order chi connectivity index (χ0) is 16.1. The van der Waals surface area contributed by atoms with E-state index in [-0.39, 0.29) is 12.1 Å². The molecule has 2 amide bonds. The number of ether oxygens (including phenoxy) is 1. The summed E-state index contributed by atoms with van der Waals surface area (Å²) < 4.78 is 5.08. The van der Waals surface area contributed by atoms with Crippen LogP contribution in [-0.2, 0) is 9.53 Å². The Morgan fingerprint density at radius 2 is 2.09 bits per heavy atom. The number of carbonyl (C=O) groups is 2. The zero-order valence-corrected chi connectivity index (χ0v) is 13.0. The number of rotatable bonds is 5. The maximum atomic E-state index is 12.1. The molecule has 1 aromatic rings. The predicted octanol–water partition coefficient (Wildman–Crippen LogP) is 1.93. The Morgan fingerprint density at radius 3 is 2.77 bits per heavy atom. The molecule has 6 nitrogen and oxygen atoms in total. The second-order valence-electron chi connectivity index (χ2n) is 5.10. The number of amides is 2. The van der Waals surface area contributed by atoms with Gasteiger partial charge in [-0.05, 0) is 32.4 Å². The van der Waals surface area contributed by atoms with Crippen LogP contribution in [0.4, 0.5) is 10.5 Å². The van der Waals surface area contributed by atoms with Gasteiger partial charge in [0, 0.05) is 5.69 Å². The van der Waals surface area contributed by atoms with Gasteiger partial charge in [0.2, 0.25) is 0 Å². The lowest BCUT2D eigenvalue weighted by Crippen LogP contribution is -2.50. The lowest BCUT2D eigenvalue weighted by molar-refractivity contribution is -0.138. The SMILES string of the molecule is CCOC(=O)C1=C(CNc2ccccc2C)NC(=O)NC1C. The fraction of sp³-hybridized carbons (Fsp3) is 0.375. The zero-order valence-electron chi connectivity index (χ0n) is 13.0. The predicted molar refractivity (Wildman–Crippen MR) is 84.5 cm³/mol. The summed E-state index contributed by atoms with van der Waals surface area (Å²) in [6.07, 6.45) is 0. The maximum Gasteiger partial charge on any atom is 0.337 e. The van der Waals surface area contributed by atoms with Crippen LogP contribution >= 0.6 is 0 Å². The van der Waals surface area contributed by atoms with E-state index >= 15 is 0 Å².